The molecule has 7 heteroatoms. The Morgan fingerprint density at radius 1 is 1.29 bits per heavy atom. The number of benzene rings is 1. The van der Waals surface area contributed by atoms with Gasteiger partial charge in [-0.1, -0.05) is 6.07 Å². The average molecular weight is 313 g/mol. The van der Waals surface area contributed by atoms with Crippen LogP contribution in [0.2, 0.25) is 0 Å². The van der Waals surface area contributed by atoms with Crippen LogP contribution >= 0.6 is 0 Å². The second kappa shape index (κ2) is 5.75. The molecule has 1 aromatic rings. The molecule has 1 aromatic carbocycles. The number of piperidine rings is 1. The summed E-state index contributed by atoms with van der Waals surface area (Å²) in [6.45, 7) is 3.64. The number of carboxylic acid groups (broad SMARTS) is 1. The molecule has 1 heterocycles. The van der Waals surface area contributed by atoms with Gasteiger partial charge in [0, 0.05) is 13.1 Å². The van der Waals surface area contributed by atoms with E-state index in [-0.39, 0.29) is 24.4 Å². The van der Waals surface area contributed by atoms with Crippen LogP contribution in [-0.4, -0.2) is 48.1 Å². The van der Waals surface area contributed by atoms with Crippen molar-refractivity contribution in [3.63, 3.8) is 0 Å². The number of carboxylic acids is 1. The maximum Gasteiger partial charge on any atom is 0.310 e. The first-order valence-electron chi connectivity index (χ1n) is 6.71. The highest BCUT2D eigenvalue weighted by Crippen LogP contribution is 2.25. The maximum absolute atomic E-state index is 12.6. The molecule has 2 N–H and O–H groups in total. The molecule has 2 unspecified atom stereocenters. The third-order valence-corrected chi connectivity index (χ3v) is 5.83. The number of aliphatic hydroxyl groups is 1. The van der Waals surface area contributed by atoms with Gasteiger partial charge in [-0.15, -0.1) is 0 Å². The number of nitrogens with zero attached hydrogens (tertiary/aromatic N) is 1. The summed E-state index contributed by atoms with van der Waals surface area (Å²) in [4.78, 5) is 11.2. The molecule has 1 saturated heterocycles. The van der Waals surface area contributed by atoms with E-state index >= 15 is 0 Å². The molecule has 6 nitrogen and oxygen atoms in total. The standard InChI is InChI=1S/C14H19NO5S/c1-9-3-4-11(7-10(9)2)21(19,20)15-6-5-13(16)12(8-15)14(17)18/h3-4,7,12-13,16H,5-6,8H2,1-2H3,(H,17,18). The highest BCUT2D eigenvalue weighted by atomic mass is 32.2. The highest BCUT2D eigenvalue weighted by Gasteiger charge is 2.38. The quantitative estimate of drug-likeness (QED) is 0.859. The van der Waals surface area contributed by atoms with Crippen molar-refractivity contribution < 1.29 is 23.4 Å². The van der Waals surface area contributed by atoms with E-state index in [9.17, 15) is 18.3 Å². The fraction of sp³-hybridized carbons (Fsp3) is 0.500. The van der Waals surface area contributed by atoms with E-state index in [1.807, 2.05) is 13.8 Å². The zero-order valence-corrected chi connectivity index (χ0v) is 12.8. The third kappa shape index (κ3) is 3.09. The summed E-state index contributed by atoms with van der Waals surface area (Å²) >= 11 is 0. The Labute approximate surface area is 124 Å². The first-order chi connectivity index (χ1) is 9.73. The molecular weight excluding hydrogens is 294 g/mol. The zero-order chi connectivity index (χ0) is 15.8. The molecule has 0 spiro atoms. The van der Waals surface area contributed by atoms with Gasteiger partial charge in [0.15, 0.2) is 0 Å². The molecule has 0 aliphatic carbocycles. The number of hydrogen-bond acceptors (Lipinski definition) is 4. The molecule has 116 valence electrons. The van der Waals surface area contributed by atoms with Crippen molar-refractivity contribution in [3.05, 3.63) is 29.3 Å². The lowest BCUT2D eigenvalue weighted by molar-refractivity contribution is -0.147. The van der Waals surface area contributed by atoms with Crippen molar-refractivity contribution >= 4 is 16.0 Å². The number of aliphatic carboxylic acids is 1. The fourth-order valence-corrected chi connectivity index (χ4v) is 3.96. The van der Waals surface area contributed by atoms with Gasteiger partial charge in [0.1, 0.15) is 0 Å². The van der Waals surface area contributed by atoms with Crippen LogP contribution in [0.1, 0.15) is 17.5 Å². The van der Waals surface area contributed by atoms with Gasteiger partial charge in [-0.05, 0) is 43.5 Å². The predicted molar refractivity (Wildman–Crippen MR) is 76.4 cm³/mol. The van der Waals surface area contributed by atoms with Gasteiger partial charge in [-0.3, -0.25) is 4.79 Å². The molecule has 1 fully saturated rings. The van der Waals surface area contributed by atoms with Crippen LogP contribution in [0.25, 0.3) is 0 Å². The monoisotopic (exact) mass is 313 g/mol. The average Bonchev–Trinajstić information content (AvgIpc) is 2.41. The molecule has 0 radical (unpaired) electrons. The Balaban J connectivity index is 2.31. The number of aryl methyl sites for hydroxylation is 2. The minimum Gasteiger partial charge on any atom is -0.481 e. The lowest BCUT2D eigenvalue weighted by Crippen LogP contribution is -2.48. The number of sulfonamides is 1. The van der Waals surface area contributed by atoms with Crippen LogP contribution < -0.4 is 0 Å². The van der Waals surface area contributed by atoms with Crippen molar-refractivity contribution in [2.45, 2.75) is 31.3 Å². The van der Waals surface area contributed by atoms with Crippen LogP contribution in [0.15, 0.2) is 23.1 Å². The van der Waals surface area contributed by atoms with Gasteiger partial charge in [0.2, 0.25) is 10.0 Å². The first-order valence-corrected chi connectivity index (χ1v) is 8.16. The molecule has 21 heavy (non-hydrogen) atoms. The molecule has 0 amide bonds. The number of carbonyl (C=O) groups is 1. The fourth-order valence-electron chi connectivity index (χ4n) is 2.39. The molecular formula is C14H19NO5S. The van der Waals surface area contributed by atoms with Gasteiger partial charge in [0.05, 0.1) is 16.9 Å². The van der Waals surface area contributed by atoms with Crippen molar-refractivity contribution in [2.75, 3.05) is 13.1 Å². The van der Waals surface area contributed by atoms with E-state index in [0.29, 0.717) is 0 Å². The second-order valence-electron chi connectivity index (χ2n) is 5.41. The van der Waals surface area contributed by atoms with Crippen LogP contribution in [0.3, 0.4) is 0 Å². The zero-order valence-electron chi connectivity index (χ0n) is 12.0. The molecule has 1 aliphatic heterocycles. The lowest BCUT2D eigenvalue weighted by atomic mass is 9.96. The molecule has 1 aliphatic rings. The van der Waals surface area contributed by atoms with Crippen molar-refractivity contribution in [1.29, 1.82) is 0 Å². The Bertz CT molecular complexity index is 655. The van der Waals surface area contributed by atoms with Crippen molar-refractivity contribution in [1.82, 2.24) is 4.31 Å². The van der Waals surface area contributed by atoms with Gasteiger partial charge < -0.3 is 10.2 Å². The summed E-state index contributed by atoms with van der Waals surface area (Å²) in [5.74, 6) is -2.26. The van der Waals surface area contributed by atoms with E-state index in [4.69, 9.17) is 5.11 Å². The van der Waals surface area contributed by atoms with E-state index in [1.54, 1.807) is 12.1 Å². The third-order valence-electron chi connectivity index (χ3n) is 3.97. The summed E-state index contributed by atoms with van der Waals surface area (Å²) in [7, 11) is -3.73. The Kier molecular flexibility index (Phi) is 4.36. The Morgan fingerprint density at radius 2 is 1.95 bits per heavy atom. The number of hydrogen-bond donors (Lipinski definition) is 2. The summed E-state index contributed by atoms with van der Waals surface area (Å²) in [5, 5.41) is 18.7. The van der Waals surface area contributed by atoms with Gasteiger partial charge >= 0.3 is 5.97 Å². The summed E-state index contributed by atoms with van der Waals surface area (Å²) in [6, 6.07) is 4.85. The Hall–Kier alpha value is -1.44. The molecule has 2 rings (SSSR count). The molecule has 0 saturated carbocycles. The van der Waals surface area contributed by atoms with Crippen molar-refractivity contribution in [3.8, 4) is 0 Å². The van der Waals surface area contributed by atoms with E-state index < -0.39 is 28.0 Å². The number of rotatable bonds is 3. The Morgan fingerprint density at radius 3 is 2.52 bits per heavy atom. The normalized spacial score (nSPS) is 24.0. The molecule has 0 bridgehead atoms. The summed E-state index contributed by atoms with van der Waals surface area (Å²) in [5.41, 5.74) is 1.86. The lowest BCUT2D eigenvalue weighted by Gasteiger charge is -2.33. The van der Waals surface area contributed by atoms with Crippen LogP contribution in [0, 0.1) is 19.8 Å². The maximum atomic E-state index is 12.6. The van der Waals surface area contributed by atoms with E-state index in [2.05, 4.69) is 0 Å². The van der Waals surface area contributed by atoms with Crippen LogP contribution in [0.5, 0.6) is 0 Å². The smallest absolute Gasteiger partial charge is 0.310 e. The minimum absolute atomic E-state index is 0.125. The SMILES string of the molecule is Cc1ccc(S(=O)(=O)N2CCC(O)C(C(=O)O)C2)cc1C. The molecule has 2 atom stereocenters. The van der Waals surface area contributed by atoms with E-state index in [1.165, 1.54) is 6.07 Å². The van der Waals surface area contributed by atoms with Gasteiger partial charge in [-0.2, -0.15) is 4.31 Å². The van der Waals surface area contributed by atoms with Crippen LogP contribution in [0.4, 0.5) is 0 Å². The van der Waals surface area contributed by atoms with Crippen LogP contribution in [-0.2, 0) is 14.8 Å². The topological polar surface area (TPSA) is 94.9 Å². The largest absolute Gasteiger partial charge is 0.481 e. The first kappa shape index (κ1) is 15.9. The summed E-state index contributed by atoms with van der Waals surface area (Å²) in [6.07, 6.45) is -0.880. The second-order valence-corrected chi connectivity index (χ2v) is 7.35. The number of aliphatic hydroxyl groups excluding tert-OH is 1. The summed E-state index contributed by atoms with van der Waals surface area (Å²) < 4.78 is 26.3. The van der Waals surface area contributed by atoms with Crippen molar-refractivity contribution in [2.24, 2.45) is 5.92 Å². The van der Waals surface area contributed by atoms with Gasteiger partial charge in [-0.25, -0.2) is 8.42 Å². The van der Waals surface area contributed by atoms with Gasteiger partial charge in [0.25, 0.3) is 0 Å². The van der Waals surface area contributed by atoms with E-state index in [0.717, 1.165) is 15.4 Å². The molecule has 0 aromatic heterocycles. The predicted octanol–water partition coefficient (Wildman–Crippen LogP) is 0.760. The highest BCUT2D eigenvalue weighted by molar-refractivity contribution is 7.89. The minimum atomic E-state index is -3.73.